The van der Waals surface area contributed by atoms with Gasteiger partial charge in [0.1, 0.15) is 12.4 Å². The number of aryl methyl sites for hydroxylation is 2. The quantitative estimate of drug-likeness (QED) is 0.410. The maximum Gasteiger partial charge on any atom is 0.410 e. The van der Waals surface area contributed by atoms with E-state index in [2.05, 4.69) is 24.3 Å². The number of piperidine rings is 1. The topological polar surface area (TPSA) is 55.8 Å². The Hall–Kier alpha value is -3.51. The minimum atomic E-state index is -0.348. The summed E-state index contributed by atoms with van der Waals surface area (Å²) in [6.07, 6.45) is 0.670. The maximum absolute atomic E-state index is 14.1. The number of amides is 1. The number of fused-ring (bicyclic) bond motifs is 5. The fourth-order valence-electron chi connectivity index (χ4n) is 6.42. The fourth-order valence-corrected chi connectivity index (χ4v) is 6.42. The van der Waals surface area contributed by atoms with Crippen LogP contribution < -0.4 is 0 Å². The third-order valence-corrected chi connectivity index (χ3v) is 8.16. The molecule has 2 aliphatic heterocycles. The highest BCUT2D eigenvalue weighted by molar-refractivity contribution is 5.98. The summed E-state index contributed by atoms with van der Waals surface area (Å²) in [7, 11) is 0. The molecule has 0 radical (unpaired) electrons. The summed E-state index contributed by atoms with van der Waals surface area (Å²) < 4.78 is 25.8. The van der Waals surface area contributed by atoms with Crippen molar-refractivity contribution < 1.29 is 23.5 Å². The van der Waals surface area contributed by atoms with Crippen molar-refractivity contribution in [2.75, 3.05) is 19.8 Å². The normalized spacial score (nSPS) is 22.4. The Balaban J connectivity index is 1.17. The van der Waals surface area contributed by atoms with Gasteiger partial charge in [0.2, 0.25) is 0 Å². The van der Waals surface area contributed by atoms with Crippen LogP contribution in [0.3, 0.4) is 0 Å². The van der Waals surface area contributed by atoms with Gasteiger partial charge in [0, 0.05) is 17.4 Å². The van der Waals surface area contributed by atoms with E-state index in [0.717, 1.165) is 0 Å². The van der Waals surface area contributed by atoms with Gasteiger partial charge in [-0.3, -0.25) is 9.69 Å². The van der Waals surface area contributed by atoms with Crippen molar-refractivity contribution in [2.45, 2.75) is 44.7 Å². The first-order valence-corrected chi connectivity index (χ1v) is 12.9. The second-order valence-corrected chi connectivity index (χ2v) is 10.5. The van der Waals surface area contributed by atoms with Crippen molar-refractivity contribution >= 4 is 11.9 Å². The smallest absolute Gasteiger partial charge is 0.410 e. The number of hydrogen-bond acceptors (Lipinski definition) is 4. The zero-order valence-corrected chi connectivity index (χ0v) is 21.1. The molecule has 2 saturated heterocycles. The number of carbonyl (C=O) groups is 2. The molecular weight excluding hydrogens is 469 g/mol. The zero-order valence-electron chi connectivity index (χ0n) is 21.1. The van der Waals surface area contributed by atoms with Crippen molar-refractivity contribution in [3.05, 3.63) is 94.3 Å². The largest absolute Gasteiger partial charge is 0.448 e. The van der Waals surface area contributed by atoms with Gasteiger partial charge in [-0.1, -0.05) is 48.5 Å². The van der Waals surface area contributed by atoms with E-state index in [1.54, 1.807) is 30.9 Å². The highest BCUT2D eigenvalue weighted by atomic mass is 19.1. The summed E-state index contributed by atoms with van der Waals surface area (Å²) >= 11 is 0. The zero-order chi connectivity index (χ0) is 25.7. The number of benzene rings is 3. The van der Waals surface area contributed by atoms with Crippen LogP contribution in [0.4, 0.5) is 9.18 Å². The van der Waals surface area contributed by atoms with Crippen molar-refractivity contribution in [1.82, 2.24) is 4.90 Å². The predicted molar refractivity (Wildman–Crippen MR) is 138 cm³/mol. The van der Waals surface area contributed by atoms with E-state index in [4.69, 9.17) is 9.47 Å². The molecule has 2 unspecified atom stereocenters. The van der Waals surface area contributed by atoms with E-state index >= 15 is 0 Å². The van der Waals surface area contributed by atoms with Crippen LogP contribution in [-0.2, 0) is 9.47 Å². The average molecular weight is 500 g/mol. The molecule has 2 fully saturated rings. The van der Waals surface area contributed by atoms with E-state index < -0.39 is 0 Å². The summed E-state index contributed by atoms with van der Waals surface area (Å²) in [5.74, 6) is -0.500. The lowest BCUT2D eigenvalue weighted by molar-refractivity contribution is -0.0747. The number of ketones is 1. The molecule has 6 rings (SSSR count). The monoisotopic (exact) mass is 499 g/mol. The molecule has 1 amide bonds. The minimum absolute atomic E-state index is 0.00323. The predicted octanol–water partition coefficient (Wildman–Crippen LogP) is 6.05. The number of rotatable bonds is 4. The molecule has 2 atom stereocenters. The molecule has 3 aromatic rings. The molecule has 190 valence electrons. The Labute approximate surface area is 216 Å². The van der Waals surface area contributed by atoms with Gasteiger partial charge in [-0.2, -0.15) is 0 Å². The van der Waals surface area contributed by atoms with E-state index in [1.807, 2.05) is 24.3 Å². The second kappa shape index (κ2) is 9.42. The van der Waals surface area contributed by atoms with E-state index in [-0.39, 0.29) is 48.2 Å². The van der Waals surface area contributed by atoms with Gasteiger partial charge < -0.3 is 9.47 Å². The standard InChI is InChI=1S/C31H30FNO4/c1-18-11-20(12-19(2)29(18)32)30(34)21-13-22-15-36-16-23(14-21)33(22)31(35)37-17-28-26-9-5-3-7-24(26)25-8-4-6-10-27(25)28/h3-12,21-23,28H,13-17H2,1-2H3. The molecule has 2 heterocycles. The van der Waals surface area contributed by atoms with Crippen LogP contribution in [0.25, 0.3) is 11.1 Å². The highest BCUT2D eigenvalue weighted by Crippen LogP contribution is 2.44. The molecule has 2 bridgehead atoms. The van der Waals surface area contributed by atoms with Gasteiger partial charge in [0.25, 0.3) is 0 Å². The van der Waals surface area contributed by atoms with Crippen molar-refractivity contribution in [3.8, 4) is 11.1 Å². The molecule has 6 heteroatoms. The molecule has 37 heavy (non-hydrogen) atoms. The van der Waals surface area contributed by atoms with Gasteiger partial charge in [-0.15, -0.1) is 0 Å². The van der Waals surface area contributed by atoms with Crippen LogP contribution in [0.15, 0.2) is 60.7 Å². The molecule has 3 aliphatic rings. The lowest BCUT2D eigenvalue weighted by Gasteiger charge is -2.47. The first-order chi connectivity index (χ1) is 17.9. The maximum atomic E-state index is 14.1. The number of halogens is 1. The lowest BCUT2D eigenvalue weighted by Crippen LogP contribution is -2.60. The van der Waals surface area contributed by atoms with Gasteiger partial charge in [-0.05, 0) is 72.2 Å². The van der Waals surface area contributed by atoms with Crippen LogP contribution in [0, 0.1) is 25.6 Å². The summed E-state index contributed by atoms with van der Waals surface area (Å²) in [6, 6.07) is 19.4. The Morgan fingerprint density at radius 2 is 1.46 bits per heavy atom. The Morgan fingerprint density at radius 1 is 0.919 bits per heavy atom. The number of carbonyl (C=O) groups excluding carboxylic acids is 2. The Kier molecular flexibility index (Phi) is 6.07. The Bertz CT molecular complexity index is 1300. The van der Waals surface area contributed by atoms with E-state index in [1.165, 1.54) is 22.3 Å². The molecule has 1 aliphatic carbocycles. The second-order valence-electron chi connectivity index (χ2n) is 10.5. The van der Waals surface area contributed by atoms with Gasteiger partial charge in [0.15, 0.2) is 5.78 Å². The van der Waals surface area contributed by atoms with Gasteiger partial charge >= 0.3 is 6.09 Å². The molecule has 0 saturated carbocycles. The van der Waals surface area contributed by atoms with Crippen LogP contribution in [0.5, 0.6) is 0 Å². The average Bonchev–Trinajstić information content (AvgIpc) is 3.22. The molecule has 0 aromatic heterocycles. The number of morpholine rings is 1. The minimum Gasteiger partial charge on any atom is -0.448 e. The van der Waals surface area contributed by atoms with Crippen LogP contribution in [0.1, 0.15) is 51.4 Å². The van der Waals surface area contributed by atoms with Crippen LogP contribution in [0.2, 0.25) is 0 Å². The summed E-state index contributed by atoms with van der Waals surface area (Å²) in [5, 5.41) is 0. The molecule has 0 spiro atoms. The van der Waals surface area contributed by atoms with Gasteiger partial charge in [-0.25, -0.2) is 9.18 Å². The molecule has 3 aromatic carbocycles. The number of Topliss-reactive ketones (excluding diaryl/α,β-unsaturated/α-hetero) is 1. The SMILES string of the molecule is Cc1cc(C(=O)C2CC3COCC(C2)N3C(=O)OCC2c3ccccc3-c3ccccc32)cc(C)c1F. The fraction of sp³-hybridized carbons (Fsp3) is 0.355. The third kappa shape index (κ3) is 4.13. The van der Waals surface area contributed by atoms with Crippen molar-refractivity contribution in [2.24, 2.45) is 5.92 Å². The lowest BCUT2D eigenvalue weighted by atomic mass is 9.80. The van der Waals surface area contributed by atoms with Crippen LogP contribution >= 0.6 is 0 Å². The summed E-state index contributed by atoms with van der Waals surface area (Å²) in [6.45, 7) is 4.39. The first kappa shape index (κ1) is 23.9. The van der Waals surface area contributed by atoms with Crippen molar-refractivity contribution in [1.29, 1.82) is 0 Å². The number of nitrogens with zero attached hydrogens (tertiary/aromatic N) is 1. The molecular formula is C31H30FNO4. The number of ether oxygens (including phenoxy) is 2. The van der Waals surface area contributed by atoms with E-state index in [9.17, 15) is 14.0 Å². The number of hydrogen-bond donors (Lipinski definition) is 0. The Morgan fingerprint density at radius 3 is 2.03 bits per heavy atom. The first-order valence-electron chi connectivity index (χ1n) is 12.9. The molecule has 0 N–H and O–H groups in total. The highest BCUT2D eigenvalue weighted by Gasteiger charge is 2.45. The summed E-state index contributed by atoms with van der Waals surface area (Å²) in [5.41, 5.74) is 6.22. The van der Waals surface area contributed by atoms with Crippen LogP contribution in [-0.4, -0.2) is 48.7 Å². The van der Waals surface area contributed by atoms with Crippen molar-refractivity contribution in [3.63, 3.8) is 0 Å². The molecule has 5 nitrogen and oxygen atoms in total. The summed E-state index contributed by atoms with van der Waals surface area (Å²) in [4.78, 5) is 28.5. The van der Waals surface area contributed by atoms with E-state index in [0.29, 0.717) is 42.7 Å². The third-order valence-electron chi connectivity index (χ3n) is 8.16. The van der Waals surface area contributed by atoms with Gasteiger partial charge in [0.05, 0.1) is 25.3 Å².